The zero-order chi connectivity index (χ0) is 13.7. The number of carbonyl (C=O) groups excluding carboxylic acids is 1. The van der Waals surface area contributed by atoms with Crippen LogP contribution in [0.2, 0.25) is 5.02 Å². The number of rotatable bonds is 4. The molecule has 0 saturated heterocycles. The molecule has 1 aromatic carbocycles. The number of nitrogens with two attached hydrogens (primary N) is 1. The van der Waals surface area contributed by atoms with Gasteiger partial charge in [0.15, 0.2) is 0 Å². The van der Waals surface area contributed by atoms with Crippen molar-refractivity contribution in [3.8, 4) is 0 Å². The number of nitrogens with one attached hydrogen (secondary N) is 1. The summed E-state index contributed by atoms with van der Waals surface area (Å²) in [5.41, 5.74) is 6.56. The Labute approximate surface area is 118 Å². The topological polar surface area (TPSA) is 64.3 Å². The first-order chi connectivity index (χ1) is 9.13. The Bertz CT molecular complexity index is 439. The summed E-state index contributed by atoms with van der Waals surface area (Å²) in [4.78, 5) is 11.7. The highest BCUT2D eigenvalue weighted by Gasteiger charge is 2.20. The molecule has 1 amide bonds. The van der Waals surface area contributed by atoms with Crippen LogP contribution in [0, 0.1) is 0 Å². The Hall–Kier alpha value is -1.10. The van der Waals surface area contributed by atoms with Gasteiger partial charge in [-0.3, -0.25) is 4.79 Å². The number of hydrogen-bond donors (Lipinski definition) is 2. The Morgan fingerprint density at radius 3 is 3.05 bits per heavy atom. The lowest BCUT2D eigenvalue weighted by atomic mass is 9.94. The standard InChI is InChI=1S/C14H19ClN2O2/c15-10-3-1-5-12(7-10)17-14(18)9-19-13-6-2-4-11(16)8-13/h1,3,5,7,11,13H,2,4,6,8-9,16H2,(H,17,18). The summed E-state index contributed by atoms with van der Waals surface area (Å²) in [6.45, 7) is 0.0594. The summed E-state index contributed by atoms with van der Waals surface area (Å²) in [5.74, 6) is -0.165. The van der Waals surface area contributed by atoms with Crippen LogP contribution in [0.5, 0.6) is 0 Å². The molecule has 0 radical (unpaired) electrons. The van der Waals surface area contributed by atoms with E-state index in [1.165, 1.54) is 0 Å². The minimum atomic E-state index is -0.165. The van der Waals surface area contributed by atoms with Crippen LogP contribution in [-0.4, -0.2) is 24.7 Å². The van der Waals surface area contributed by atoms with Crippen molar-refractivity contribution < 1.29 is 9.53 Å². The molecule has 0 aliphatic heterocycles. The normalized spacial score (nSPS) is 23.1. The number of hydrogen-bond acceptors (Lipinski definition) is 3. The molecule has 1 fully saturated rings. The van der Waals surface area contributed by atoms with Gasteiger partial charge < -0.3 is 15.8 Å². The van der Waals surface area contributed by atoms with Crippen LogP contribution in [0.15, 0.2) is 24.3 Å². The van der Waals surface area contributed by atoms with Crippen LogP contribution >= 0.6 is 11.6 Å². The maximum absolute atomic E-state index is 11.7. The molecular formula is C14H19ClN2O2. The molecule has 2 rings (SSSR count). The Kier molecular flexibility index (Phi) is 5.19. The maximum Gasteiger partial charge on any atom is 0.250 e. The molecule has 19 heavy (non-hydrogen) atoms. The third-order valence-corrected chi connectivity index (χ3v) is 3.46. The van der Waals surface area contributed by atoms with E-state index in [4.69, 9.17) is 22.1 Å². The van der Waals surface area contributed by atoms with Gasteiger partial charge in [-0.05, 0) is 43.9 Å². The minimum absolute atomic E-state index is 0.0594. The van der Waals surface area contributed by atoms with Gasteiger partial charge in [0.2, 0.25) is 5.91 Å². The molecule has 3 N–H and O–H groups in total. The number of halogens is 1. The van der Waals surface area contributed by atoms with E-state index in [1.54, 1.807) is 24.3 Å². The molecule has 1 aromatic rings. The third-order valence-electron chi connectivity index (χ3n) is 3.23. The molecule has 5 heteroatoms. The smallest absolute Gasteiger partial charge is 0.250 e. The number of anilines is 1. The van der Waals surface area contributed by atoms with Crippen LogP contribution in [0.1, 0.15) is 25.7 Å². The van der Waals surface area contributed by atoms with Crippen molar-refractivity contribution in [1.29, 1.82) is 0 Å². The van der Waals surface area contributed by atoms with E-state index in [2.05, 4.69) is 5.32 Å². The van der Waals surface area contributed by atoms with Gasteiger partial charge in [0, 0.05) is 16.8 Å². The van der Waals surface area contributed by atoms with Crippen molar-refractivity contribution >= 4 is 23.2 Å². The van der Waals surface area contributed by atoms with Crippen molar-refractivity contribution in [1.82, 2.24) is 0 Å². The lowest BCUT2D eigenvalue weighted by Gasteiger charge is -2.26. The quantitative estimate of drug-likeness (QED) is 0.892. The summed E-state index contributed by atoms with van der Waals surface area (Å²) in [5, 5.41) is 3.35. The fraction of sp³-hybridized carbons (Fsp3) is 0.500. The highest BCUT2D eigenvalue weighted by molar-refractivity contribution is 6.30. The summed E-state index contributed by atoms with van der Waals surface area (Å²) in [7, 11) is 0. The molecule has 4 nitrogen and oxygen atoms in total. The van der Waals surface area contributed by atoms with Gasteiger partial charge in [-0.1, -0.05) is 17.7 Å². The van der Waals surface area contributed by atoms with E-state index in [0.717, 1.165) is 25.7 Å². The van der Waals surface area contributed by atoms with Crippen molar-refractivity contribution in [3.63, 3.8) is 0 Å². The van der Waals surface area contributed by atoms with Gasteiger partial charge in [-0.15, -0.1) is 0 Å². The first-order valence-electron chi connectivity index (χ1n) is 6.56. The first-order valence-corrected chi connectivity index (χ1v) is 6.94. The molecule has 0 bridgehead atoms. The summed E-state index contributed by atoms with van der Waals surface area (Å²) in [6.07, 6.45) is 4.05. The predicted octanol–water partition coefficient (Wildman–Crippen LogP) is 2.57. The van der Waals surface area contributed by atoms with Crippen molar-refractivity contribution in [3.05, 3.63) is 29.3 Å². The van der Waals surface area contributed by atoms with E-state index in [1.807, 2.05) is 0 Å². The molecule has 1 aliphatic rings. The summed E-state index contributed by atoms with van der Waals surface area (Å²) in [6, 6.07) is 7.25. The summed E-state index contributed by atoms with van der Waals surface area (Å²) < 4.78 is 5.59. The van der Waals surface area contributed by atoms with E-state index in [0.29, 0.717) is 10.7 Å². The van der Waals surface area contributed by atoms with E-state index in [9.17, 15) is 4.79 Å². The Morgan fingerprint density at radius 1 is 1.47 bits per heavy atom. The van der Waals surface area contributed by atoms with Crippen molar-refractivity contribution in [2.24, 2.45) is 5.73 Å². The van der Waals surface area contributed by atoms with Crippen LogP contribution in [0.3, 0.4) is 0 Å². The monoisotopic (exact) mass is 282 g/mol. The van der Waals surface area contributed by atoms with E-state index in [-0.39, 0.29) is 24.7 Å². The van der Waals surface area contributed by atoms with Crippen LogP contribution in [0.25, 0.3) is 0 Å². The SMILES string of the molecule is NC1CCCC(OCC(=O)Nc2cccc(Cl)c2)C1. The number of ether oxygens (including phenoxy) is 1. The molecule has 2 atom stereocenters. The Balaban J connectivity index is 1.75. The van der Waals surface area contributed by atoms with Gasteiger partial charge in [-0.25, -0.2) is 0 Å². The van der Waals surface area contributed by atoms with Gasteiger partial charge in [0.1, 0.15) is 6.61 Å². The second-order valence-electron chi connectivity index (χ2n) is 4.92. The molecule has 0 heterocycles. The van der Waals surface area contributed by atoms with Crippen molar-refractivity contribution in [2.75, 3.05) is 11.9 Å². The fourth-order valence-electron chi connectivity index (χ4n) is 2.29. The number of carbonyl (C=O) groups is 1. The van der Waals surface area contributed by atoms with E-state index >= 15 is 0 Å². The van der Waals surface area contributed by atoms with Crippen molar-refractivity contribution in [2.45, 2.75) is 37.8 Å². The zero-order valence-electron chi connectivity index (χ0n) is 10.8. The minimum Gasteiger partial charge on any atom is -0.368 e. The van der Waals surface area contributed by atoms with Gasteiger partial charge in [-0.2, -0.15) is 0 Å². The molecule has 0 aromatic heterocycles. The molecule has 1 aliphatic carbocycles. The zero-order valence-corrected chi connectivity index (χ0v) is 11.5. The third kappa shape index (κ3) is 4.82. The second-order valence-corrected chi connectivity index (χ2v) is 5.35. The van der Waals surface area contributed by atoms with Gasteiger partial charge >= 0.3 is 0 Å². The lowest BCUT2D eigenvalue weighted by molar-refractivity contribution is -0.123. The molecule has 2 unspecified atom stereocenters. The van der Waals surface area contributed by atoms with Gasteiger partial charge in [0.05, 0.1) is 6.10 Å². The number of benzene rings is 1. The van der Waals surface area contributed by atoms with Crippen LogP contribution in [-0.2, 0) is 9.53 Å². The maximum atomic E-state index is 11.7. The second kappa shape index (κ2) is 6.89. The van der Waals surface area contributed by atoms with Gasteiger partial charge in [0.25, 0.3) is 0 Å². The highest BCUT2D eigenvalue weighted by atomic mass is 35.5. The highest BCUT2D eigenvalue weighted by Crippen LogP contribution is 2.20. The van der Waals surface area contributed by atoms with Crippen LogP contribution < -0.4 is 11.1 Å². The van der Waals surface area contributed by atoms with E-state index < -0.39 is 0 Å². The van der Waals surface area contributed by atoms with Crippen LogP contribution in [0.4, 0.5) is 5.69 Å². The Morgan fingerprint density at radius 2 is 2.32 bits per heavy atom. The molecular weight excluding hydrogens is 264 g/mol. The average molecular weight is 283 g/mol. The average Bonchev–Trinajstić information content (AvgIpc) is 2.36. The predicted molar refractivity (Wildman–Crippen MR) is 76.3 cm³/mol. The summed E-state index contributed by atoms with van der Waals surface area (Å²) >= 11 is 5.85. The molecule has 0 spiro atoms. The molecule has 1 saturated carbocycles. The largest absolute Gasteiger partial charge is 0.368 e. The number of amides is 1. The molecule has 104 valence electrons. The first kappa shape index (κ1) is 14.3. The fourth-order valence-corrected chi connectivity index (χ4v) is 2.48. The lowest BCUT2D eigenvalue weighted by Crippen LogP contribution is -2.33.